The molecule has 2 fully saturated rings. The predicted octanol–water partition coefficient (Wildman–Crippen LogP) is 3.69. The number of anilines is 1. The van der Waals surface area contributed by atoms with Gasteiger partial charge in [0, 0.05) is 11.3 Å². The number of carbonyl (C=O) groups excluding carboxylic acids is 3. The van der Waals surface area contributed by atoms with Crippen molar-refractivity contribution in [2.75, 3.05) is 5.32 Å². The Labute approximate surface area is 163 Å². The van der Waals surface area contributed by atoms with Crippen molar-refractivity contribution in [3.63, 3.8) is 0 Å². The lowest BCUT2D eigenvalue weighted by Crippen LogP contribution is -2.48. The van der Waals surface area contributed by atoms with Crippen molar-refractivity contribution < 1.29 is 14.4 Å². The first-order chi connectivity index (χ1) is 13.6. The Morgan fingerprint density at radius 3 is 2.32 bits per heavy atom. The van der Waals surface area contributed by atoms with Crippen LogP contribution in [0.2, 0.25) is 0 Å². The van der Waals surface area contributed by atoms with Gasteiger partial charge in [0.1, 0.15) is 5.54 Å². The summed E-state index contributed by atoms with van der Waals surface area (Å²) < 4.78 is 0. The van der Waals surface area contributed by atoms with Crippen molar-refractivity contribution in [3.05, 3.63) is 65.7 Å². The number of imide groups is 1. The zero-order valence-corrected chi connectivity index (χ0v) is 15.6. The molecule has 6 nitrogen and oxygen atoms in total. The van der Waals surface area contributed by atoms with Crippen LogP contribution in [0.15, 0.2) is 54.6 Å². The minimum atomic E-state index is -0.704. The summed E-state index contributed by atoms with van der Waals surface area (Å²) in [5, 5.41) is 5.76. The molecule has 0 radical (unpaired) electrons. The molecule has 2 aromatic rings. The molecule has 1 aliphatic heterocycles. The van der Waals surface area contributed by atoms with Crippen LogP contribution in [0.5, 0.6) is 0 Å². The molecule has 1 spiro atoms. The zero-order chi connectivity index (χ0) is 19.6. The molecule has 2 aromatic carbocycles. The Bertz CT molecular complexity index is 887. The van der Waals surface area contributed by atoms with E-state index in [2.05, 4.69) is 10.6 Å². The Kier molecular flexibility index (Phi) is 4.86. The van der Waals surface area contributed by atoms with Gasteiger partial charge >= 0.3 is 6.03 Å². The minimum absolute atomic E-state index is 0.122. The van der Waals surface area contributed by atoms with E-state index < -0.39 is 5.54 Å². The van der Waals surface area contributed by atoms with Gasteiger partial charge in [-0.1, -0.05) is 49.6 Å². The maximum atomic E-state index is 12.9. The highest BCUT2D eigenvalue weighted by Crippen LogP contribution is 2.34. The first kappa shape index (κ1) is 18.2. The first-order valence-corrected chi connectivity index (χ1v) is 9.67. The highest BCUT2D eigenvalue weighted by Gasteiger charge is 2.51. The molecule has 1 heterocycles. The van der Waals surface area contributed by atoms with Crippen LogP contribution in [0.25, 0.3) is 0 Å². The van der Waals surface area contributed by atoms with Crippen molar-refractivity contribution in [2.24, 2.45) is 0 Å². The van der Waals surface area contributed by atoms with Gasteiger partial charge in [-0.3, -0.25) is 14.5 Å². The van der Waals surface area contributed by atoms with Crippen LogP contribution in [0.3, 0.4) is 0 Å². The van der Waals surface area contributed by atoms with E-state index >= 15 is 0 Å². The normalized spacial score (nSPS) is 18.2. The summed E-state index contributed by atoms with van der Waals surface area (Å²) >= 11 is 0. The average Bonchev–Trinajstić information content (AvgIpc) is 2.94. The fourth-order valence-electron chi connectivity index (χ4n) is 3.98. The summed E-state index contributed by atoms with van der Waals surface area (Å²) in [6.45, 7) is 0.215. The van der Waals surface area contributed by atoms with E-state index in [0.29, 0.717) is 18.4 Å². The van der Waals surface area contributed by atoms with Crippen molar-refractivity contribution in [3.8, 4) is 0 Å². The summed E-state index contributed by atoms with van der Waals surface area (Å²) in [6, 6.07) is 15.9. The molecule has 0 atom stereocenters. The summed E-state index contributed by atoms with van der Waals surface area (Å²) in [4.78, 5) is 38.9. The van der Waals surface area contributed by atoms with Gasteiger partial charge in [0.15, 0.2) is 0 Å². The lowest BCUT2D eigenvalue weighted by atomic mass is 9.82. The van der Waals surface area contributed by atoms with Crippen LogP contribution in [-0.4, -0.2) is 28.3 Å². The van der Waals surface area contributed by atoms with Gasteiger partial charge in [0.05, 0.1) is 6.54 Å². The minimum Gasteiger partial charge on any atom is -0.323 e. The molecule has 1 saturated carbocycles. The van der Waals surface area contributed by atoms with Crippen LogP contribution < -0.4 is 10.6 Å². The monoisotopic (exact) mass is 377 g/mol. The van der Waals surface area contributed by atoms with E-state index in [4.69, 9.17) is 0 Å². The standard InChI is InChI=1S/C22H23N3O3/c26-19(23-18-7-3-1-4-8-18)17-11-9-16(10-12-17)15-25-20(27)22(24-21(25)28)13-5-2-6-14-22/h1,3-4,7-12H,2,5-6,13-15H2,(H,23,26)(H,24,28). The number of hydrogen-bond donors (Lipinski definition) is 2. The molecule has 0 bridgehead atoms. The number of carbonyl (C=O) groups is 3. The first-order valence-electron chi connectivity index (χ1n) is 9.67. The predicted molar refractivity (Wildman–Crippen MR) is 106 cm³/mol. The second kappa shape index (κ2) is 7.46. The largest absolute Gasteiger partial charge is 0.325 e. The summed E-state index contributed by atoms with van der Waals surface area (Å²) in [7, 11) is 0. The molecule has 2 aliphatic rings. The van der Waals surface area contributed by atoms with Gasteiger partial charge in [0.2, 0.25) is 0 Å². The Hall–Kier alpha value is -3.15. The molecule has 0 unspecified atom stereocenters. The number of rotatable bonds is 4. The highest BCUT2D eigenvalue weighted by molar-refractivity contribution is 6.07. The smallest absolute Gasteiger partial charge is 0.323 e. The number of benzene rings is 2. The second-order valence-electron chi connectivity index (χ2n) is 7.48. The summed E-state index contributed by atoms with van der Waals surface area (Å²) in [5.74, 6) is -0.322. The van der Waals surface area contributed by atoms with E-state index in [0.717, 1.165) is 30.5 Å². The second-order valence-corrected chi connectivity index (χ2v) is 7.48. The number of hydrogen-bond acceptors (Lipinski definition) is 3. The van der Waals surface area contributed by atoms with Crippen molar-refractivity contribution in [1.29, 1.82) is 0 Å². The lowest BCUT2D eigenvalue weighted by Gasteiger charge is -2.30. The zero-order valence-electron chi connectivity index (χ0n) is 15.6. The maximum absolute atomic E-state index is 12.9. The molecule has 144 valence electrons. The molecule has 2 N–H and O–H groups in total. The quantitative estimate of drug-likeness (QED) is 0.798. The van der Waals surface area contributed by atoms with Crippen LogP contribution in [0, 0.1) is 0 Å². The van der Waals surface area contributed by atoms with Crippen LogP contribution in [0.1, 0.15) is 48.0 Å². The third kappa shape index (κ3) is 3.50. The fourth-order valence-corrected chi connectivity index (χ4v) is 3.98. The van der Waals surface area contributed by atoms with Crippen molar-refractivity contribution >= 4 is 23.5 Å². The summed E-state index contributed by atoms with van der Waals surface area (Å²) in [5.41, 5.74) is 1.36. The van der Waals surface area contributed by atoms with Crippen molar-refractivity contribution in [1.82, 2.24) is 10.2 Å². The van der Waals surface area contributed by atoms with Gasteiger partial charge in [0.25, 0.3) is 11.8 Å². The molecular formula is C22H23N3O3. The number of para-hydroxylation sites is 1. The number of nitrogens with one attached hydrogen (secondary N) is 2. The topological polar surface area (TPSA) is 78.5 Å². The molecule has 4 amide bonds. The van der Waals surface area contributed by atoms with Crippen LogP contribution >= 0.6 is 0 Å². The number of nitrogens with zero attached hydrogens (tertiary/aromatic N) is 1. The van der Waals surface area contributed by atoms with E-state index in [9.17, 15) is 14.4 Å². The Morgan fingerprint density at radius 1 is 0.964 bits per heavy atom. The van der Waals surface area contributed by atoms with Gasteiger partial charge in [-0.15, -0.1) is 0 Å². The lowest BCUT2D eigenvalue weighted by molar-refractivity contribution is -0.132. The Balaban J connectivity index is 1.42. The molecular weight excluding hydrogens is 354 g/mol. The fraction of sp³-hybridized carbons (Fsp3) is 0.318. The van der Waals surface area contributed by atoms with Gasteiger partial charge in [-0.2, -0.15) is 0 Å². The van der Waals surface area contributed by atoms with Crippen molar-refractivity contribution in [2.45, 2.75) is 44.2 Å². The third-order valence-electron chi connectivity index (χ3n) is 5.54. The molecule has 1 aliphatic carbocycles. The van der Waals surface area contributed by atoms with E-state index in [-0.39, 0.29) is 24.4 Å². The molecule has 28 heavy (non-hydrogen) atoms. The molecule has 4 rings (SSSR count). The molecule has 1 saturated heterocycles. The average molecular weight is 377 g/mol. The molecule has 6 heteroatoms. The highest BCUT2D eigenvalue weighted by atomic mass is 16.2. The molecule has 0 aromatic heterocycles. The number of urea groups is 1. The van der Waals surface area contributed by atoms with Crippen LogP contribution in [0.4, 0.5) is 10.5 Å². The van der Waals surface area contributed by atoms with Gasteiger partial charge in [-0.25, -0.2) is 4.79 Å². The third-order valence-corrected chi connectivity index (χ3v) is 5.54. The summed E-state index contributed by atoms with van der Waals surface area (Å²) in [6.07, 6.45) is 4.47. The maximum Gasteiger partial charge on any atom is 0.325 e. The van der Waals surface area contributed by atoms with Crippen LogP contribution in [-0.2, 0) is 11.3 Å². The number of amides is 4. The van der Waals surface area contributed by atoms with Gasteiger partial charge in [-0.05, 0) is 42.7 Å². The van der Waals surface area contributed by atoms with Gasteiger partial charge < -0.3 is 10.6 Å². The Morgan fingerprint density at radius 2 is 1.64 bits per heavy atom. The van der Waals surface area contributed by atoms with E-state index in [1.165, 1.54) is 4.90 Å². The SMILES string of the molecule is O=C(Nc1ccccc1)c1ccc(CN2C(=O)NC3(CCCCC3)C2=O)cc1. The van der Waals surface area contributed by atoms with E-state index in [1.807, 2.05) is 30.3 Å². The van der Waals surface area contributed by atoms with E-state index in [1.54, 1.807) is 24.3 Å².